The van der Waals surface area contributed by atoms with Gasteiger partial charge >= 0.3 is 0 Å². The Morgan fingerprint density at radius 2 is 1.84 bits per heavy atom. The number of aryl methyl sites for hydroxylation is 3. The van der Waals surface area contributed by atoms with Crippen molar-refractivity contribution in [1.29, 1.82) is 5.26 Å². The molecule has 164 valence electrons. The molecule has 7 nitrogen and oxygen atoms in total. The molecule has 1 N–H and O–H groups in total. The summed E-state index contributed by atoms with van der Waals surface area (Å²) in [6.45, 7) is 6.40. The van der Waals surface area contributed by atoms with E-state index in [-0.39, 0.29) is 11.4 Å². The van der Waals surface area contributed by atoms with Crippen molar-refractivity contribution in [3.05, 3.63) is 75.5 Å². The number of hydrogen-bond acceptors (Lipinski definition) is 6. The van der Waals surface area contributed by atoms with E-state index >= 15 is 0 Å². The monoisotopic (exact) mass is 451 g/mol. The van der Waals surface area contributed by atoms with Gasteiger partial charge in [0.15, 0.2) is 5.82 Å². The van der Waals surface area contributed by atoms with Crippen LogP contribution in [-0.4, -0.2) is 24.3 Å². The Morgan fingerprint density at radius 1 is 1.12 bits per heavy atom. The quantitative estimate of drug-likeness (QED) is 0.285. The van der Waals surface area contributed by atoms with Crippen LogP contribution >= 0.6 is 11.6 Å². The van der Waals surface area contributed by atoms with Crippen LogP contribution in [0.5, 0.6) is 11.5 Å². The normalized spacial score (nSPS) is 11.0. The van der Waals surface area contributed by atoms with Crippen LogP contribution in [0, 0.1) is 32.1 Å². The highest BCUT2D eigenvalue weighted by molar-refractivity contribution is 6.32. The third kappa shape index (κ3) is 6.13. The van der Waals surface area contributed by atoms with Crippen LogP contribution < -0.4 is 14.8 Å². The number of amides is 1. The Balaban J connectivity index is 1.58. The Bertz CT molecular complexity index is 1190. The van der Waals surface area contributed by atoms with Crippen molar-refractivity contribution in [2.24, 2.45) is 0 Å². The number of ether oxygens (including phenoxy) is 2. The molecule has 0 aliphatic rings. The molecule has 0 atom stereocenters. The summed E-state index contributed by atoms with van der Waals surface area (Å²) >= 11 is 6.31. The molecule has 3 rings (SSSR count). The second-order valence-corrected chi connectivity index (χ2v) is 7.51. The zero-order chi connectivity index (χ0) is 23.1. The van der Waals surface area contributed by atoms with Gasteiger partial charge in [0.2, 0.25) is 0 Å². The second kappa shape index (κ2) is 10.5. The van der Waals surface area contributed by atoms with Crippen molar-refractivity contribution < 1.29 is 18.8 Å². The van der Waals surface area contributed by atoms with E-state index in [1.165, 1.54) is 11.6 Å². The summed E-state index contributed by atoms with van der Waals surface area (Å²) in [5.41, 5.74) is 2.72. The molecule has 0 aliphatic heterocycles. The van der Waals surface area contributed by atoms with E-state index < -0.39 is 5.91 Å². The minimum Gasteiger partial charge on any atom is -0.490 e. The number of anilines is 1. The summed E-state index contributed by atoms with van der Waals surface area (Å²) in [7, 11) is 0. The van der Waals surface area contributed by atoms with E-state index in [1.807, 2.05) is 32.0 Å². The first-order valence-corrected chi connectivity index (χ1v) is 10.2. The van der Waals surface area contributed by atoms with Gasteiger partial charge in [-0.2, -0.15) is 5.26 Å². The van der Waals surface area contributed by atoms with Gasteiger partial charge in [-0.25, -0.2) is 0 Å². The first kappa shape index (κ1) is 22.9. The molecule has 0 fully saturated rings. The number of nitrogens with one attached hydrogen (secondary N) is 1. The molecule has 2 aromatic carbocycles. The number of benzene rings is 2. The van der Waals surface area contributed by atoms with E-state index in [0.29, 0.717) is 35.3 Å². The molecule has 1 amide bonds. The fourth-order valence-electron chi connectivity index (χ4n) is 2.91. The lowest BCUT2D eigenvalue weighted by atomic mass is 10.1. The molecule has 3 aromatic rings. The molecule has 0 spiro atoms. The van der Waals surface area contributed by atoms with Crippen LogP contribution in [0.3, 0.4) is 0 Å². The summed E-state index contributed by atoms with van der Waals surface area (Å²) in [4.78, 5) is 12.3. The maximum atomic E-state index is 12.3. The molecule has 32 heavy (non-hydrogen) atoms. The summed E-state index contributed by atoms with van der Waals surface area (Å²) in [5.74, 6) is 1.48. The average Bonchev–Trinajstić information content (AvgIpc) is 3.16. The van der Waals surface area contributed by atoms with Gasteiger partial charge in [-0.05, 0) is 56.2 Å². The number of hydrogen-bond donors (Lipinski definition) is 1. The number of nitriles is 1. The van der Waals surface area contributed by atoms with E-state index in [0.717, 1.165) is 11.3 Å². The highest BCUT2D eigenvalue weighted by atomic mass is 35.5. The van der Waals surface area contributed by atoms with Crippen LogP contribution in [0.1, 0.15) is 22.5 Å². The SMILES string of the molecule is Cc1ccc(OCCOc2ccc(/C=C(/C#N)C(=O)Nc3cc(C)on3)cc2Cl)c(C)c1. The number of rotatable bonds is 8. The first-order chi connectivity index (χ1) is 15.4. The maximum absolute atomic E-state index is 12.3. The summed E-state index contributed by atoms with van der Waals surface area (Å²) < 4.78 is 16.3. The van der Waals surface area contributed by atoms with E-state index in [4.69, 9.17) is 25.6 Å². The topological polar surface area (TPSA) is 97.4 Å². The first-order valence-electron chi connectivity index (χ1n) is 9.84. The van der Waals surface area contributed by atoms with Crippen LogP contribution in [0.25, 0.3) is 6.08 Å². The third-order valence-corrected chi connectivity index (χ3v) is 4.73. The van der Waals surface area contributed by atoms with E-state index in [9.17, 15) is 10.1 Å². The lowest BCUT2D eigenvalue weighted by Gasteiger charge is -2.12. The number of nitrogens with zero attached hydrogens (tertiary/aromatic N) is 2. The van der Waals surface area contributed by atoms with Gasteiger partial charge in [0, 0.05) is 6.07 Å². The molecule has 0 saturated carbocycles. The van der Waals surface area contributed by atoms with Gasteiger partial charge < -0.3 is 19.3 Å². The van der Waals surface area contributed by atoms with Crippen LogP contribution in [0.15, 0.2) is 52.6 Å². The van der Waals surface area contributed by atoms with Gasteiger partial charge in [-0.1, -0.05) is 40.5 Å². The molecule has 0 bridgehead atoms. The van der Waals surface area contributed by atoms with Crippen molar-refractivity contribution in [2.45, 2.75) is 20.8 Å². The van der Waals surface area contributed by atoms with Gasteiger partial charge in [0.25, 0.3) is 5.91 Å². The maximum Gasteiger partial charge on any atom is 0.267 e. The Morgan fingerprint density at radius 3 is 2.47 bits per heavy atom. The highest BCUT2D eigenvalue weighted by Crippen LogP contribution is 2.27. The lowest BCUT2D eigenvalue weighted by Crippen LogP contribution is -2.13. The molecule has 0 radical (unpaired) electrons. The third-order valence-electron chi connectivity index (χ3n) is 4.43. The Hall–Kier alpha value is -3.76. The molecule has 0 saturated heterocycles. The Kier molecular flexibility index (Phi) is 7.53. The summed E-state index contributed by atoms with van der Waals surface area (Å²) in [5, 5.41) is 15.9. The molecule has 8 heteroatoms. The average molecular weight is 452 g/mol. The molecular formula is C24H22ClN3O4. The second-order valence-electron chi connectivity index (χ2n) is 7.10. The van der Waals surface area contributed by atoms with E-state index in [1.54, 1.807) is 31.2 Å². The zero-order valence-corrected chi connectivity index (χ0v) is 18.7. The highest BCUT2D eigenvalue weighted by Gasteiger charge is 2.12. The van der Waals surface area contributed by atoms with Crippen molar-refractivity contribution in [1.82, 2.24) is 5.16 Å². The van der Waals surface area contributed by atoms with Crippen molar-refractivity contribution >= 4 is 29.4 Å². The predicted molar refractivity (Wildman–Crippen MR) is 122 cm³/mol. The van der Waals surface area contributed by atoms with Crippen LogP contribution in [-0.2, 0) is 4.79 Å². The van der Waals surface area contributed by atoms with Crippen molar-refractivity contribution in [3.8, 4) is 17.6 Å². The van der Waals surface area contributed by atoms with Crippen molar-refractivity contribution in [3.63, 3.8) is 0 Å². The predicted octanol–water partition coefficient (Wildman–Crippen LogP) is 5.26. The van der Waals surface area contributed by atoms with Gasteiger partial charge in [-0.15, -0.1) is 0 Å². The summed E-state index contributed by atoms with van der Waals surface area (Å²) in [6.07, 6.45) is 1.43. The fraction of sp³-hybridized carbons (Fsp3) is 0.208. The summed E-state index contributed by atoms with van der Waals surface area (Å²) in [6, 6.07) is 14.4. The van der Waals surface area contributed by atoms with Crippen LogP contribution in [0.4, 0.5) is 5.82 Å². The minimum absolute atomic E-state index is 0.0998. The molecule has 1 heterocycles. The van der Waals surface area contributed by atoms with Gasteiger partial charge in [-0.3, -0.25) is 4.79 Å². The minimum atomic E-state index is -0.596. The number of halogens is 1. The number of aromatic nitrogens is 1. The lowest BCUT2D eigenvalue weighted by molar-refractivity contribution is -0.112. The van der Waals surface area contributed by atoms with Crippen LogP contribution in [0.2, 0.25) is 5.02 Å². The molecule has 0 aliphatic carbocycles. The molecule has 1 aromatic heterocycles. The number of carbonyl (C=O) groups is 1. The smallest absolute Gasteiger partial charge is 0.267 e. The molecule has 0 unspecified atom stereocenters. The van der Waals surface area contributed by atoms with Gasteiger partial charge in [0.1, 0.15) is 42.1 Å². The van der Waals surface area contributed by atoms with Crippen molar-refractivity contribution in [2.75, 3.05) is 18.5 Å². The standard InChI is InChI=1S/C24H22ClN3O4/c1-15-4-6-21(16(2)10-15)30-8-9-31-22-7-5-18(13-20(22)25)12-19(14-26)24(29)27-23-11-17(3)32-28-23/h4-7,10-13H,8-9H2,1-3H3,(H,27,28,29)/b19-12-. The zero-order valence-electron chi connectivity index (χ0n) is 17.9. The fourth-order valence-corrected chi connectivity index (χ4v) is 3.16. The van der Waals surface area contributed by atoms with Gasteiger partial charge in [0.05, 0.1) is 5.02 Å². The Labute approximate surface area is 191 Å². The number of carbonyl (C=O) groups excluding carboxylic acids is 1. The largest absolute Gasteiger partial charge is 0.490 e. The van der Waals surface area contributed by atoms with E-state index in [2.05, 4.69) is 16.5 Å². The molecular weight excluding hydrogens is 430 g/mol.